The number of carboxylic acid groups (broad SMARTS) is 1. The maximum atomic E-state index is 11.9. The van der Waals surface area contributed by atoms with Crippen LogP contribution >= 0.6 is 0 Å². The zero-order valence-electron chi connectivity index (χ0n) is 17.0. The van der Waals surface area contributed by atoms with Gasteiger partial charge in [-0.2, -0.15) is 0 Å². The third-order valence-electron chi connectivity index (χ3n) is 3.31. The molecule has 1 aromatic carbocycles. The lowest BCUT2D eigenvalue weighted by Crippen LogP contribution is -2.44. The zero-order chi connectivity index (χ0) is 20.6. The van der Waals surface area contributed by atoms with Gasteiger partial charge in [-0.15, -0.1) is 0 Å². The highest BCUT2D eigenvalue weighted by molar-refractivity contribution is 5.80. The summed E-state index contributed by atoms with van der Waals surface area (Å²) in [7, 11) is 0. The zero-order valence-corrected chi connectivity index (χ0v) is 17.0. The molecule has 152 valence electrons. The Kier molecular flexibility index (Phi) is 8.40. The van der Waals surface area contributed by atoms with E-state index in [1.54, 1.807) is 39.0 Å². The van der Waals surface area contributed by atoms with Gasteiger partial charge in [0, 0.05) is 6.42 Å². The Morgan fingerprint density at radius 3 is 2.33 bits per heavy atom. The Bertz CT molecular complexity index is 636. The molecule has 0 fully saturated rings. The molecule has 1 atom stereocenters. The lowest BCUT2D eigenvalue weighted by atomic mass is 10.1. The Balaban J connectivity index is 2.90. The van der Waals surface area contributed by atoms with Crippen molar-refractivity contribution in [2.75, 3.05) is 13.2 Å². The first kappa shape index (κ1) is 22.6. The number of aliphatic carboxylic acids is 1. The average Bonchev–Trinajstić information content (AvgIpc) is 2.51. The van der Waals surface area contributed by atoms with Gasteiger partial charge >= 0.3 is 12.1 Å². The number of carbonyl (C=O) groups excluding carboxylic acids is 1. The van der Waals surface area contributed by atoms with E-state index in [4.69, 9.17) is 14.2 Å². The highest BCUT2D eigenvalue weighted by Gasteiger charge is 2.24. The summed E-state index contributed by atoms with van der Waals surface area (Å²) in [6.45, 7) is 12.1. The molecule has 1 amide bonds. The number of ether oxygens (including phenoxy) is 3. The van der Waals surface area contributed by atoms with Crippen molar-refractivity contribution in [1.82, 2.24) is 5.32 Å². The lowest BCUT2D eigenvalue weighted by Gasteiger charge is -2.22. The predicted molar refractivity (Wildman–Crippen MR) is 102 cm³/mol. The van der Waals surface area contributed by atoms with Gasteiger partial charge in [-0.25, -0.2) is 9.59 Å². The number of hydrogen-bond acceptors (Lipinski definition) is 5. The first-order valence-electron chi connectivity index (χ1n) is 9.12. The van der Waals surface area contributed by atoms with Crippen LogP contribution in [0.4, 0.5) is 4.79 Å². The summed E-state index contributed by atoms with van der Waals surface area (Å²) < 4.78 is 16.5. The van der Waals surface area contributed by atoms with Gasteiger partial charge in [0.2, 0.25) is 0 Å². The van der Waals surface area contributed by atoms with Crippen LogP contribution in [0.25, 0.3) is 0 Å². The monoisotopic (exact) mass is 381 g/mol. The fraction of sp³-hybridized carbons (Fsp3) is 0.600. The van der Waals surface area contributed by atoms with Crippen LogP contribution in [0, 0.1) is 5.92 Å². The second-order valence-corrected chi connectivity index (χ2v) is 7.66. The first-order chi connectivity index (χ1) is 12.5. The molecule has 0 saturated carbocycles. The van der Waals surface area contributed by atoms with E-state index in [1.807, 2.05) is 6.92 Å². The van der Waals surface area contributed by atoms with Gasteiger partial charge in [-0.3, -0.25) is 0 Å². The van der Waals surface area contributed by atoms with Crippen LogP contribution in [0.2, 0.25) is 0 Å². The number of hydrogen-bond donors (Lipinski definition) is 2. The number of carboxylic acids is 1. The Labute approximate surface area is 161 Å². The van der Waals surface area contributed by atoms with Crippen molar-refractivity contribution < 1.29 is 28.9 Å². The molecule has 0 aromatic heterocycles. The van der Waals surface area contributed by atoms with Gasteiger partial charge in [0.15, 0.2) is 11.5 Å². The minimum Gasteiger partial charge on any atom is -0.490 e. The van der Waals surface area contributed by atoms with E-state index < -0.39 is 23.7 Å². The Hall–Kier alpha value is -2.44. The molecule has 0 bridgehead atoms. The van der Waals surface area contributed by atoms with E-state index in [0.717, 1.165) is 0 Å². The third-order valence-corrected chi connectivity index (χ3v) is 3.31. The molecule has 1 rings (SSSR count). The summed E-state index contributed by atoms with van der Waals surface area (Å²) in [6.07, 6.45) is -0.670. The number of rotatable bonds is 9. The fourth-order valence-electron chi connectivity index (χ4n) is 2.21. The topological polar surface area (TPSA) is 94.1 Å². The van der Waals surface area contributed by atoms with Crippen molar-refractivity contribution in [1.29, 1.82) is 0 Å². The molecule has 27 heavy (non-hydrogen) atoms. The second kappa shape index (κ2) is 10.0. The fourth-order valence-corrected chi connectivity index (χ4v) is 2.21. The van der Waals surface area contributed by atoms with Gasteiger partial charge in [0.25, 0.3) is 0 Å². The van der Waals surface area contributed by atoms with Crippen LogP contribution in [-0.2, 0) is 16.0 Å². The summed E-state index contributed by atoms with van der Waals surface area (Å²) in [6, 6.07) is 4.16. The largest absolute Gasteiger partial charge is 0.490 e. The second-order valence-electron chi connectivity index (χ2n) is 7.66. The van der Waals surface area contributed by atoms with Crippen LogP contribution < -0.4 is 14.8 Å². The van der Waals surface area contributed by atoms with Crippen LogP contribution in [0.1, 0.15) is 47.1 Å². The lowest BCUT2D eigenvalue weighted by molar-refractivity contribution is -0.139. The molecule has 0 heterocycles. The van der Waals surface area contributed by atoms with E-state index in [0.29, 0.717) is 36.2 Å². The van der Waals surface area contributed by atoms with Crippen LogP contribution in [0.3, 0.4) is 0 Å². The third kappa shape index (κ3) is 8.66. The molecular weight excluding hydrogens is 350 g/mol. The minimum absolute atomic E-state index is 0.0963. The summed E-state index contributed by atoms with van der Waals surface area (Å²) in [5.41, 5.74) is 0.00353. The van der Waals surface area contributed by atoms with Gasteiger partial charge in [0.05, 0.1) is 13.2 Å². The quantitative estimate of drug-likeness (QED) is 0.678. The maximum Gasteiger partial charge on any atom is 0.408 e. The van der Waals surface area contributed by atoms with Crippen molar-refractivity contribution in [2.24, 2.45) is 5.92 Å². The minimum atomic E-state index is -1.14. The van der Waals surface area contributed by atoms with Crippen molar-refractivity contribution >= 4 is 12.1 Å². The summed E-state index contributed by atoms with van der Waals surface area (Å²) >= 11 is 0. The van der Waals surface area contributed by atoms with E-state index in [-0.39, 0.29) is 6.42 Å². The molecule has 7 nitrogen and oxygen atoms in total. The van der Waals surface area contributed by atoms with Crippen molar-refractivity contribution in [3.05, 3.63) is 23.8 Å². The van der Waals surface area contributed by atoms with E-state index in [1.165, 1.54) is 0 Å². The standard InChI is InChI=1S/C20H31NO6/c1-7-25-17-11-14(8-9-16(17)26-12-13(2)3)10-15(18(22)23)21-19(24)27-20(4,5)6/h8-9,11,13,15H,7,10,12H2,1-6H3,(H,21,24)(H,22,23). The van der Waals surface area contributed by atoms with E-state index >= 15 is 0 Å². The van der Waals surface area contributed by atoms with Gasteiger partial charge in [-0.1, -0.05) is 19.9 Å². The molecule has 2 N–H and O–H groups in total. The van der Waals surface area contributed by atoms with Gasteiger partial charge < -0.3 is 24.6 Å². The first-order valence-corrected chi connectivity index (χ1v) is 9.12. The maximum absolute atomic E-state index is 11.9. The van der Waals surface area contributed by atoms with Crippen LogP contribution in [0.5, 0.6) is 11.5 Å². The normalized spacial score (nSPS) is 12.4. The molecule has 1 unspecified atom stereocenters. The molecule has 0 aliphatic heterocycles. The summed E-state index contributed by atoms with van der Waals surface area (Å²) in [5.74, 6) is 0.394. The van der Waals surface area contributed by atoms with Crippen molar-refractivity contribution in [2.45, 2.75) is 59.6 Å². The number of nitrogens with one attached hydrogen (secondary N) is 1. The Morgan fingerprint density at radius 1 is 1.15 bits per heavy atom. The molecule has 0 aliphatic carbocycles. The van der Waals surface area contributed by atoms with Crippen molar-refractivity contribution in [3.8, 4) is 11.5 Å². The average molecular weight is 381 g/mol. The van der Waals surface area contributed by atoms with E-state index in [2.05, 4.69) is 19.2 Å². The molecule has 7 heteroatoms. The smallest absolute Gasteiger partial charge is 0.408 e. The van der Waals surface area contributed by atoms with E-state index in [9.17, 15) is 14.7 Å². The van der Waals surface area contributed by atoms with Crippen LogP contribution in [0.15, 0.2) is 18.2 Å². The molecular formula is C20H31NO6. The molecule has 0 spiro atoms. The van der Waals surface area contributed by atoms with Crippen LogP contribution in [-0.4, -0.2) is 42.0 Å². The molecule has 1 aromatic rings. The highest BCUT2D eigenvalue weighted by Crippen LogP contribution is 2.29. The molecule has 0 aliphatic rings. The number of alkyl carbamates (subject to hydrolysis) is 1. The molecule has 0 radical (unpaired) electrons. The van der Waals surface area contributed by atoms with Gasteiger partial charge in [-0.05, 0) is 51.3 Å². The van der Waals surface area contributed by atoms with Crippen molar-refractivity contribution in [3.63, 3.8) is 0 Å². The number of benzene rings is 1. The molecule has 0 saturated heterocycles. The summed E-state index contributed by atoms with van der Waals surface area (Å²) in [4.78, 5) is 23.4. The number of carbonyl (C=O) groups is 2. The predicted octanol–water partition coefficient (Wildman–Crippen LogP) is 3.64. The summed E-state index contributed by atoms with van der Waals surface area (Å²) in [5, 5.41) is 11.8. The number of amides is 1. The van der Waals surface area contributed by atoms with Gasteiger partial charge in [0.1, 0.15) is 11.6 Å². The Morgan fingerprint density at radius 2 is 1.81 bits per heavy atom. The SMILES string of the molecule is CCOc1cc(CC(NC(=O)OC(C)(C)C)C(=O)O)ccc1OCC(C)C. The highest BCUT2D eigenvalue weighted by atomic mass is 16.6.